The van der Waals surface area contributed by atoms with Crippen molar-refractivity contribution in [2.24, 2.45) is 0 Å². The minimum Gasteiger partial charge on any atom is -0.345 e. The summed E-state index contributed by atoms with van der Waals surface area (Å²) in [6.45, 7) is 7.17. The van der Waals surface area contributed by atoms with Gasteiger partial charge in [-0.25, -0.2) is 4.98 Å². The molecule has 0 unspecified atom stereocenters. The largest absolute Gasteiger partial charge is 0.345 e. The molecule has 0 saturated carbocycles. The van der Waals surface area contributed by atoms with Gasteiger partial charge < -0.3 is 15.2 Å². The van der Waals surface area contributed by atoms with E-state index in [9.17, 15) is 9.59 Å². The van der Waals surface area contributed by atoms with Gasteiger partial charge in [-0.2, -0.15) is 0 Å². The number of carbonyl (C=O) groups is 2. The highest BCUT2D eigenvalue weighted by atomic mass is 35.5. The topological polar surface area (TPSA) is 76.0 Å². The van der Waals surface area contributed by atoms with E-state index in [0.717, 1.165) is 47.2 Å². The molecular weight excluding hydrogens is 432 g/mol. The van der Waals surface area contributed by atoms with Crippen molar-refractivity contribution < 1.29 is 9.59 Å². The van der Waals surface area contributed by atoms with Crippen LogP contribution in [0.15, 0.2) is 29.1 Å². The van der Waals surface area contributed by atoms with Gasteiger partial charge in [0, 0.05) is 45.9 Å². The molecule has 164 valence electrons. The second-order valence-electron chi connectivity index (χ2n) is 8.19. The van der Waals surface area contributed by atoms with E-state index in [2.05, 4.69) is 34.0 Å². The first-order chi connectivity index (χ1) is 14.9. The lowest BCUT2D eigenvalue weighted by molar-refractivity contribution is -0.137. The van der Waals surface area contributed by atoms with E-state index in [1.807, 2.05) is 30.5 Å². The van der Waals surface area contributed by atoms with Gasteiger partial charge in [0.15, 0.2) is 0 Å². The summed E-state index contributed by atoms with van der Waals surface area (Å²) in [6.07, 6.45) is 2.56. The summed E-state index contributed by atoms with van der Waals surface area (Å²) in [5.74, 6) is -0.536. The Hall–Kier alpha value is -2.38. The highest BCUT2D eigenvalue weighted by Gasteiger charge is 2.38. The van der Waals surface area contributed by atoms with Crippen molar-refractivity contribution in [3.05, 3.63) is 51.1 Å². The van der Waals surface area contributed by atoms with E-state index in [1.54, 1.807) is 5.51 Å². The number of nitrogens with zero attached hydrogens (tertiary/aromatic N) is 2. The predicted octanol–water partition coefficient (Wildman–Crippen LogP) is 4.19. The van der Waals surface area contributed by atoms with Crippen LogP contribution in [0.2, 0.25) is 5.02 Å². The van der Waals surface area contributed by atoms with Gasteiger partial charge in [0.05, 0.1) is 11.2 Å². The molecule has 3 atom stereocenters. The molecule has 1 aliphatic rings. The van der Waals surface area contributed by atoms with E-state index < -0.39 is 12.1 Å². The van der Waals surface area contributed by atoms with Crippen LogP contribution in [0, 0.1) is 6.92 Å². The standard InChI is InChI=1S/C23H27ClN4O2S/c1-4-5-8-28-14(3)20(17-9-15(24)6-7-19(17)28)13(2)21-23(30)26-18(22(29)27-21)10-16-11-31-12-25-16/h6-7,9,11-13,18,21H,4-5,8,10H2,1-3H3,(H,26,30)(H,27,29)/t13-,18-,21-/m1/s1. The third-order valence-corrected chi connectivity index (χ3v) is 7.01. The fourth-order valence-electron chi connectivity index (χ4n) is 4.52. The molecule has 6 nitrogen and oxygen atoms in total. The molecule has 1 saturated heterocycles. The third-order valence-electron chi connectivity index (χ3n) is 6.13. The van der Waals surface area contributed by atoms with Gasteiger partial charge in [-0.05, 0) is 37.1 Å². The molecule has 0 aliphatic carbocycles. The summed E-state index contributed by atoms with van der Waals surface area (Å²) in [5.41, 5.74) is 5.82. The number of hydrogen-bond acceptors (Lipinski definition) is 4. The minimum atomic E-state index is -0.637. The lowest BCUT2D eigenvalue weighted by Gasteiger charge is -2.33. The van der Waals surface area contributed by atoms with Gasteiger partial charge in [0.1, 0.15) is 12.1 Å². The molecule has 0 bridgehead atoms. The summed E-state index contributed by atoms with van der Waals surface area (Å²) < 4.78 is 2.30. The first-order valence-corrected chi connectivity index (χ1v) is 12.0. The predicted molar refractivity (Wildman–Crippen MR) is 125 cm³/mol. The lowest BCUT2D eigenvalue weighted by atomic mass is 9.88. The van der Waals surface area contributed by atoms with Crippen LogP contribution in [0.5, 0.6) is 0 Å². The maximum Gasteiger partial charge on any atom is 0.243 e. The highest BCUT2D eigenvalue weighted by molar-refractivity contribution is 7.07. The first-order valence-electron chi connectivity index (χ1n) is 10.7. The number of aromatic nitrogens is 2. The van der Waals surface area contributed by atoms with Crippen molar-refractivity contribution in [3.8, 4) is 0 Å². The van der Waals surface area contributed by atoms with Crippen LogP contribution in [-0.2, 0) is 22.6 Å². The Labute approximate surface area is 191 Å². The van der Waals surface area contributed by atoms with Crippen LogP contribution < -0.4 is 10.6 Å². The SMILES string of the molecule is CCCCn1c(C)c([C@@H](C)[C@H]2NC(=O)[C@@H](Cc3cscn3)NC2=O)c2cc(Cl)ccc21. The highest BCUT2D eigenvalue weighted by Crippen LogP contribution is 2.36. The normalized spacial score (nSPS) is 20.0. The van der Waals surface area contributed by atoms with Crippen LogP contribution in [0.1, 0.15) is 49.6 Å². The first kappa shape index (κ1) is 21.8. The Morgan fingerprint density at radius 3 is 2.77 bits per heavy atom. The summed E-state index contributed by atoms with van der Waals surface area (Å²) in [4.78, 5) is 30.0. The van der Waals surface area contributed by atoms with E-state index in [-0.39, 0.29) is 17.7 Å². The molecule has 1 aliphatic heterocycles. The number of amides is 2. The quantitative estimate of drug-likeness (QED) is 0.557. The lowest BCUT2D eigenvalue weighted by Crippen LogP contribution is -2.63. The van der Waals surface area contributed by atoms with Gasteiger partial charge >= 0.3 is 0 Å². The summed E-state index contributed by atoms with van der Waals surface area (Å²) in [5, 5.41) is 9.47. The van der Waals surface area contributed by atoms with Crippen molar-refractivity contribution in [2.45, 2.75) is 64.6 Å². The molecule has 1 fully saturated rings. The monoisotopic (exact) mass is 458 g/mol. The van der Waals surface area contributed by atoms with Gasteiger partial charge in [0.25, 0.3) is 0 Å². The zero-order valence-corrected chi connectivity index (χ0v) is 19.5. The molecular formula is C23H27ClN4O2S. The number of hydrogen-bond donors (Lipinski definition) is 2. The van der Waals surface area contributed by atoms with Gasteiger partial charge in [-0.1, -0.05) is 31.9 Å². The Morgan fingerprint density at radius 2 is 2.06 bits per heavy atom. The molecule has 2 aromatic heterocycles. The van der Waals surface area contributed by atoms with Crippen molar-refractivity contribution in [1.82, 2.24) is 20.2 Å². The van der Waals surface area contributed by atoms with Crippen LogP contribution in [0.25, 0.3) is 10.9 Å². The van der Waals surface area contributed by atoms with Crippen molar-refractivity contribution in [1.29, 1.82) is 0 Å². The third kappa shape index (κ3) is 4.21. The number of fused-ring (bicyclic) bond motifs is 1. The van der Waals surface area contributed by atoms with Crippen molar-refractivity contribution in [3.63, 3.8) is 0 Å². The number of nitrogens with one attached hydrogen (secondary N) is 2. The zero-order valence-electron chi connectivity index (χ0n) is 17.9. The Bertz CT molecular complexity index is 1110. The fourth-order valence-corrected chi connectivity index (χ4v) is 5.26. The number of halogens is 1. The van der Waals surface area contributed by atoms with E-state index in [0.29, 0.717) is 11.4 Å². The van der Waals surface area contributed by atoms with Crippen LogP contribution in [0.3, 0.4) is 0 Å². The molecule has 1 aromatic carbocycles. The van der Waals surface area contributed by atoms with E-state index >= 15 is 0 Å². The summed E-state index contributed by atoms with van der Waals surface area (Å²) >= 11 is 7.80. The average Bonchev–Trinajstić information content (AvgIpc) is 3.34. The second kappa shape index (κ2) is 9.01. The molecule has 0 spiro atoms. The number of unbranched alkanes of at least 4 members (excludes halogenated alkanes) is 1. The van der Waals surface area contributed by atoms with E-state index in [1.165, 1.54) is 11.3 Å². The molecule has 2 amide bonds. The maximum absolute atomic E-state index is 13.0. The molecule has 31 heavy (non-hydrogen) atoms. The Balaban J connectivity index is 1.64. The summed E-state index contributed by atoms with van der Waals surface area (Å²) in [6, 6.07) is 4.67. The van der Waals surface area contributed by atoms with Crippen molar-refractivity contribution >= 4 is 45.7 Å². The Kier molecular flexibility index (Phi) is 6.34. The molecule has 0 radical (unpaired) electrons. The maximum atomic E-state index is 13.0. The summed E-state index contributed by atoms with van der Waals surface area (Å²) in [7, 11) is 0. The minimum absolute atomic E-state index is 0.164. The number of benzene rings is 1. The number of aryl methyl sites for hydroxylation is 1. The zero-order chi connectivity index (χ0) is 22.1. The number of thiazole rings is 1. The number of rotatable bonds is 7. The number of carbonyl (C=O) groups excluding carboxylic acids is 2. The second-order valence-corrected chi connectivity index (χ2v) is 9.34. The molecule has 8 heteroatoms. The Morgan fingerprint density at radius 1 is 1.26 bits per heavy atom. The van der Waals surface area contributed by atoms with Gasteiger partial charge in [-0.15, -0.1) is 11.3 Å². The van der Waals surface area contributed by atoms with Crippen LogP contribution in [0.4, 0.5) is 0 Å². The average molecular weight is 459 g/mol. The van der Waals surface area contributed by atoms with Crippen molar-refractivity contribution in [2.75, 3.05) is 0 Å². The number of piperazine rings is 1. The molecule has 3 heterocycles. The van der Waals surface area contributed by atoms with Crippen LogP contribution >= 0.6 is 22.9 Å². The van der Waals surface area contributed by atoms with Gasteiger partial charge in [-0.3, -0.25) is 9.59 Å². The smallest absolute Gasteiger partial charge is 0.243 e. The molecule has 4 rings (SSSR count). The van der Waals surface area contributed by atoms with Crippen LogP contribution in [-0.4, -0.2) is 33.4 Å². The molecule has 3 aromatic rings. The fraction of sp³-hybridized carbons (Fsp3) is 0.435. The van der Waals surface area contributed by atoms with E-state index in [4.69, 9.17) is 11.6 Å². The molecule has 2 N–H and O–H groups in total. The van der Waals surface area contributed by atoms with Gasteiger partial charge in [0.2, 0.25) is 11.8 Å².